The second-order valence-corrected chi connectivity index (χ2v) is 3.91. The summed E-state index contributed by atoms with van der Waals surface area (Å²) in [6, 6.07) is 12.7. The van der Waals surface area contributed by atoms with Crippen molar-refractivity contribution in [2.24, 2.45) is 5.84 Å². The molecule has 0 spiro atoms. The number of carbonyl (C=O) groups is 1. The van der Waals surface area contributed by atoms with Crippen molar-refractivity contribution < 1.29 is 13.9 Å². The van der Waals surface area contributed by atoms with Crippen LogP contribution in [0, 0.1) is 5.82 Å². The first-order valence-corrected chi connectivity index (χ1v) is 5.67. The highest BCUT2D eigenvalue weighted by atomic mass is 19.1. The number of hydrogen-bond donors (Lipinski definition) is 2. The van der Waals surface area contributed by atoms with Crippen LogP contribution in [0.15, 0.2) is 48.5 Å². The minimum absolute atomic E-state index is 0.301. The summed E-state index contributed by atoms with van der Waals surface area (Å²) in [6.07, 6.45) is 0. The average molecular weight is 260 g/mol. The fourth-order valence-electron chi connectivity index (χ4n) is 1.53. The van der Waals surface area contributed by atoms with Crippen molar-refractivity contribution in [3.63, 3.8) is 0 Å². The normalized spacial score (nSPS) is 10.0. The summed E-state index contributed by atoms with van der Waals surface area (Å²) in [5.41, 5.74) is 3.44. The Bertz CT molecular complexity index is 553. The van der Waals surface area contributed by atoms with Gasteiger partial charge in [0.2, 0.25) is 0 Å². The van der Waals surface area contributed by atoms with Crippen molar-refractivity contribution in [2.75, 3.05) is 0 Å². The molecule has 0 saturated heterocycles. The SMILES string of the molecule is NNC(=O)c1ccc(COc2ccc(F)cc2)cc1. The number of nitrogens with one attached hydrogen (secondary N) is 1. The molecule has 2 rings (SSSR count). The first-order valence-electron chi connectivity index (χ1n) is 5.67. The van der Waals surface area contributed by atoms with E-state index in [1.165, 1.54) is 12.1 Å². The summed E-state index contributed by atoms with van der Waals surface area (Å²) >= 11 is 0. The molecule has 2 aromatic rings. The molecule has 4 nitrogen and oxygen atoms in total. The van der Waals surface area contributed by atoms with Crippen LogP contribution in [-0.2, 0) is 6.61 Å². The van der Waals surface area contributed by atoms with E-state index in [9.17, 15) is 9.18 Å². The molecular formula is C14H13FN2O2. The summed E-state index contributed by atoms with van der Waals surface area (Å²) in [5.74, 6) is 4.98. The Hall–Kier alpha value is -2.40. The van der Waals surface area contributed by atoms with Crippen molar-refractivity contribution in [2.45, 2.75) is 6.61 Å². The van der Waals surface area contributed by atoms with E-state index in [4.69, 9.17) is 10.6 Å². The van der Waals surface area contributed by atoms with E-state index in [0.717, 1.165) is 5.56 Å². The van der Waals surface area contributed by atoms with Crippen LogP contribution < -0.4 is 16.0 Å². The van der Waals surface area contributed by atoms with Crippen LogP contribution in [0.4, 0.5) is 4.39 Å². The Balaban J connectivity index is 1.96. The van der Waals surface area contributed by atoms with Crippen molar-refractivity contribution in [3.8, 4) is 5.75 Å². The summed E-state index contributed by atoms with van der Waals surface area (Å²) < 4.78 is 18.2. The molecule has 5 heteroatoms. The van der Waals surface area contributed by atoms with Crippen molar-refractivity contribution in [1.82, 2.24) is 5.43 Å². The number of nitrogens with two attached hydrogens (primary N) is 1. The standard InChI is InChI=1S/C14H13FN2O2/c15-12-5-7-13(8-6-12)19-9-10-1-3-11(4-2-10)14(18)17-16/h1-8H,9,16H2,(H,17,18). The Morgan fingerprint density at radius 2 is 1.74 bits per heavy atom. The second kappa shape index (κ2) is 5.97. The van der Waals surface area contributed by atoms with E-state index in [2.05, 4.69) is 5.43 Å². The lowest BCUT2D eigenvalue weighted by atomic mass is 10.1. The van der Waals surface area contributed by atoms with Crippen molar-refractivity contribution >= 4 is 5.91 Å². The molecule has 0 heterocycles. The maximum atomic E-state index is 12.7. The predicted molar refractivity (Wildman–Crippen MR) is 68.8 cm³/mol. The second-order valence-electron chi connectivity index (χ2n) is 3.91. The molecule has 0 unspecified atom stereocenters. The lowest BCUT2D eigenvalue weighted by molar-refractivity contribution is 0.0953. The molecule has 0 aliphatic rings. The zero-order valence-corrected chi connectivity index (χ0v) is 10.1. The maximum Gasteiger partial charge on any atom is 0.265 e. The quantitative estimate of drug-likeness (QED) is 0.502. The van der Waals surface area contributed by atoms with Gasteiger partial charge in [-0.25, -0.2) is 10.2 Å². The van der Waals surface area contributed by atoms with Gasteiger partial charge in [-0.05, 0) is 42.0 Å². The van der Waals surface area contributed by atoms with E-state index in [-0.39, 0.29) is 11.7 Å². The molecule has 0 fully saturated rings. The average Bonchev–Trinajstić information content (AvgIpc) is 2.46. The van der Waals surface area contributed by atoms with E-state index in [1.807, 2.05) is 0 Å². The molecule has 0 bridgehead atoms. The van der Waals surface area contributed by atoms with Gasteiger partial charge in [-0.1, -0.05) is 12.1 Å². The fraction of sp³-hybridized carbons (Fsp3) is 0.0714. The van der Waals surface area contributed by atoms with Gasteiger partial charge < -0.3 is 4.74 Å². The first kappa shape index (κ1) is 13.0. The Kier molecular flexibility index (Phi) is 4.10. The van der Waals surface area contributed by atoms with E-state index < -0.39 is 0 Å². The number of amides is 1. The highest BCUT2D eigenvalue weighted by Gasteiger charge is 2.03. The maximum absolute atomic E-state index is 12.7. The van der Waals surface area contributed by atoms with Gasteiger partial charge in [0.15, 0.2) is 0 Å². The van der Waals surface area contributed by atoms with Crippen LogP contribution in [0.1, 0.15) is 15.9 Å². The Labute approximate surface area is 110 Å². The molecule has 0 aromatic heterocycles. The van der Waals surface area contributed by atoms with Gasteiger partial charge in [-0.15, -0.1) is 0 Å². The number of ether oxygens (including phenoxy) is 1. The molecule has 0 radical (unpaired) electrons. The Morgan fingerprint density at radius 3 is 2.32 bits per heavy atom. The van der Waals surface area contributed by atoms with Crippen LogP contribution in [0.2, 0.25) is 0 Å². The lowest BCUT2D eigenvalue weighted by Gasteiger charge is -2.06. The predicted octanol–water partition coefficient (Wildman–Crippen LogP) is 2.01. The molecule has 3 N–H and O–H groups in total. The number of nitrogen functional groups attached to an aromatic ring is 1. The lowest BCUT2D eigenvalue weighted by Crippen LogP contribution is -2.29. The molecule has 0 aliphatic heterocycles. The van der Waals surface area contributed by atoms with Gasteiger partial charge in [0.25, 0.3) is 5.91 Å². The highest BCUT2D eigenvalue weighted by molar-refractivity contribution is 5.93. The third kappa shape index (κ3) is 3.53. The van der Waals surface area contributed by atoms with Crippen LogP contribution in [0.3, 0.4) is 0 Å². The topological polar surface area (TPSA) is 64.3 Å². The number of hydrazine groups is 1. The summed E-state index contributed by atoms with van der Waals surface area (Å²) in [4.78, 5) is 11.2. The van der Waals surface area contributed by atoms with Gasteiger partial charge in [0.05, 0.1) is 0 Å². The van der Waals surface area contributed by atoms with Gasteiger partial charge in [-0.3, -0.25) is 10.2 Å². The first-order chi connectivity index (χ1) is 9.19. The van der Waals surface area contributed by atoms with E-state index in [1.54, 1.807) is 36.4 Å². The Morgan fingerprint density at radius 1 is 1.11 bits per heavy atom. The van der Waals surface area contributed by atoms with Crippen LogP contribution >= 0.6 is 0 Å². The number of rotatable bonds is 4. The number of carbonyl (C=O) groups excluding carboxylic acids is 1. The molecule has 0 atom stereocenters. The minimum atomic E-state index is -0.342. The van der Waals surface area contributed by atoms with Crippen LogP contribution in [0.25, 0.3) is 0 Å². The van der Waals surface area contributed by atoms with E-state index >= 15 is 0 Å². The summed E-state index contributed by atoms with van der Waals surface area (Å²) in [6.45, 7) is 0.343. The largest absolute Gasteiger partial charge is 0.489 e. The smallest absolute Gasteiger partial charge is 0.265 e. The molecule has 2 aromatic carbocycles. The summed E-state index contributed by atoms with van der Waals surface area (Å²) in [5, 5.41) is 0. The molecule has 98 valence electrons. The molecule has 19 heavy (non-hydrogen) atoms. The van der Waals surface area contributed by atoms with Crippen molar-refractivity contribution in [3.05, 3.63) is 65.5 Å². The third-order valence-corrected chi connectivity index (χ3v) is 2.57. The fourth-order valence-corrected chi connectivity index (χ4v) is 1.53. The van der Waals surface area contributed by atoms with Gasteiger partial charge in [-0.2, -0.15) is 0 Å². The van der Waals surface area contributed by atoms with Gasteiger partial charge >= 0.3 is 0 Å². The third-order valence-electron chi connectivity index (χ3n) is 2.57. The van der Waals surface area contributed by atoms with Gasteiger partial charge in [0, 0.05) is 5.56 Å². The number of halogens is 1. The molecule has 0 saturated carbocycles. The molecule has 0 aliphatic carbocycles. The molecular weight excluding hydrogens is 247 g/mol. The highest BCUT2D eigenvalue weighted by Crippen LogP contribution is 2.13. The molecule has 1 amide bonds. The minimum Gasteiger partial charge on any atom is -0.489 e. The number of benzene rings is 2. The summed E-state index contributed by atoms with van der Waals surface area (Å²) in [7, 11) is 0. The van der Waals surface area contributed by atoms with E-state index in [0.29, 0.717) is 17.9 Å². The van der Waals surface area contributed by atoms with Crippen LogP contribution in [-0.4, -0.2) is 5.91 Å². The zero-order chi connectivity index (χ0) is 13.7. The van der Waals surface area contributed by atoms with Crippen LogP contribution in [0.5, 0.6) is 5.75 Å². The van der Waals surface area contributed by atoms with Crippen molar-refractivity contribution in [1.29, 1.82) is 0 Å². The number of hydrogen-bond acceptors (Lipinski definition) is 3. The zero-order valence-electron chi connectivity index (χ0n) is 10.1. The monoisotopic (exact) mass is 260 g/mol. The van der Waals surface area contributed by atoms with Gasteiger partial charge in [0.1, 0.15) is 18.2 Å².